The smallest absolute Gasteiger partial charge is 0.358 e. The summed E-state index contributed by atoms with van der Waals surface area (Å²) in [5, 5.41) is 19.0. The maximum atomic E-state index is 11.7. The molecule has 1 aromatic rings. The SMILES string of the molecule is CC(C)(C)NC(=O)CN1CC(n2cc(C(=O)O)nn2)C1. The van der Waals surface area contributed by atoms with Gasteiger partial charge in [-0.3, -0.25) is 9.69 Å². The van der Waals surface area contributed by atoms with Crippen LogP contribution in [-0.4, -0.2) is 62.0 Å². The number of hydrogen-bond donors (Lipinski definition) is 2. The second-order valence-corrected chi connectivity index (χ2v) is 6.04. The largest absolute Gasteiger partial charge is 0.476 e. The van der Waals surface area contributed by atoms with E-state index in [0.717, 1.165) is 0 Å². The van der Waals surface area contributed by atoms with Crippen molar-refractivity contribution >= 4 is 11.9 Å². The predicted octanol–water partition coefficient (Wildman–Crippen LogP) is -0.252. The molecule has 2 N–H and O–H groups in total. The van der Waals surface area contributed by atoms with Crippen LogP contribution in [0, 0.1) is 0 Å². The van der Waals surface area contributed by atoms with Gasteiger partial charge in [0.05, 0.1) is 18.8 Å². The number of aromatic carboxylic acids is 1. The van der Waals surface area contributed by atoms with E-state index in [4.69, 9.17) is 5.11 Å². The van der Waals surface area contributed by atoms with E-state index in [1.807, 2.05) is 25.7 Å². The van der Waals surface area contributed by atoms with Gasteiger partial charge in [0.2, 0.25) is 5.91 Å². The van der Waals surface area contributed by atoms with Crippen molar-refractivity contribution in [1.82, 2.24) is 25.2 Å². The lowest BCUT2D eigenvalue weighted by Gasteiger charge is -2.38. The topological polar surface area (TPSA) is 100 Å². The molecule has 1 saturated heterocycles. The van der Waals surface area contributed by atoms with Crippen molar-refractivity contribution in [3.05, 3.63) is 11.9 Å². The minimum atomic E-state index is -1.09. The number of carboxylic acids is 1. The van der Waals surface area contributed by atoms with Gasteiger partial charge in [0, 0.05) is 18.6 Å². The monoisotopic (exact) mass is 281 g/mol. The maximum Gasteiger partial charge on any atom is 0.358 e. The van der Waals surface area contributed by atoms with Crippen LogP contribution in [0.2, 0.25) is 0 Å². The van der Waals surface area contributed by atoms with Gasteiger partial charge in [0.1, 0.15) is 0 Å². The van der Waals surface area contributed by atoms with E-state index in [1.54, 1.807) is 4.68 Å². The highest BCUT2D eigenvalue weighted by atomic mass is 16.4. The fraction of sp³-hybridized carbons (Fsp3) is 0.667. The van der Waals surface area contributed by atoms with Gasteiger partial charge in [0.15, 0.2) is 5.69 Å². The van der Waals surface area contributed by atoms with E-state index in [1.165, 1.54) is 6.20 Å². The molecule has 1 aromatic heterocycles. The normalized spacial score (nSPS) is 16.8. The van der Waals surface area contributed by atoms with Crippen LogP contribution in [0.25, 0.3) is 0 Å². The predicted molar refractivity (Wildman–Crippen MR) is 70.4 cm³/mol. The van der Waals surface area contributed by atoms with Crippen molar-refractivity contribution < 1.29 is 14.7 Å². The molecule has 1 aliphatic rings. The summed E-state index contributed by atoms with van der Waals surface area (Å²) >= 11 is 0. The third-order valence-corrected chi connectivity index (χ3v) is 2.92. The van der Waals surface area contributed by atoms with Crippen molar-refractivity contribution in [2.24, 2.45) is 0 Å². The van der Waals surface area contributed by atoms with Crippen LogP contribution < -0.4 is 5.32 Å². The zero-order chi connectivity index (χ0) is 14.9. The summed E-state index contributed by atoms with van der Waals surface area (Å²) in [5.74, 6) is -1.10. The van der Waals surface area contributed by atoms with Crippen molar-refractivity contribution in [3.8, 4) is 0 Å². The molecule has 0 saturated carbocycles. The first-order valence-electron chi connectivity index (χ1n) is 6.43. The van der Waals surface area contributed by atoms with Crippen LogP contribution in [0.15, 0.2) is 6.20 Å². The van der Waals surface area contributed by atoms with Gasteiger partial charge in [0.25, 0.3) is 0 Å². The number of amides is 1. The third-order valence-electron chi connectivity index (χ3n) is 2.92. The lowest BCUT2D eigenvalue weighted by Crippen LogP contribution is -2.53. The molecule has 20 heavy (non-hydrogen) atoms. The Hall–Kier alpha value is -1.96. The average molecular weight is 281 g/mol. The van der Waals surface area contributed by atoms with E-state index in [9.17, 15) is 9.59 Å². The Morgan fingerprint density at radius 2 is 2.10 bits per heavy atom. The molecule has 1 aliphatic heterocycles. The number of aromatic nitrogens is 3. The fourth-order valence-electron chi connectivity index (χ4n) is 2.05. The van der Waals surface area contributed by atoms with Crippen LogP contribution >= 0.6 is 0 Å². The number of carbonyl (C=O) groups is 2. The van der Waals surface area contributed by atoms with E-state index >= 15 is 0 Å². The van der Waals surface area contributed by atoms with Crippen LogP contribution in [0.3, 0.4) is 0 Å². The zero-order valence-corrected chi connectivity index (χ0v) is 11.8. The van der Waals surface area contributed by atoms with E-state index < -0.39 is 5.97 Å². The molecule has 0 aromatic carbocycles. The van der Waals surface area contributed by atoms with Crippen molar-refractivity contribution in [2.45, 2.75) is 32.4 Å². The summed E-state index contributed by atoms with van der Waals surface area (Å²) in [6.07, 6.45) is 1.42. The molecule has 0 atom stereocenters. The summed E-state index contributed by atoms with van der Waals surface area (Å²) in [6, 6.07) is 0.0815. The molecule has 2 rings (SSSR count). The summed E-state index contributed by atoms with van der Waals surface area (Å²) in [4.78, 5) is 24.4. The fourth-order valence-corrected chi connectivity index (χ4v) is 2.05. The van der Waals surface area contributed by atoms with Crippen LogP contribution in [0.5, 0.6) is 0 Å². The molecule has 2 heterocycles. The molecule has 0 bridgehead atoms. The summed E-state index contributed by atoms with van der Waals surface area (Å²) < 4.78 is 1.54. The number of nitrogens with one attached hydrogen (secondary N) is 1. The number of likely N-dealkylation sites (tertiary alicyclic amines) is 1. The van der Waals surface area contributed by atoms with Crippen molar-refractivity contribution in [3.63, 3.8) is 0 Å². The quantitative estimate of drug-likeness (QED) is 0.789. The highest BCUT2D eigenvalue weighted by Crippen LogP contribution is 2.19. The molecule has 110 valence electrons. The summed E-state index contributed by atoms with van der Waals surface area (Å²) in [5.41, 5.74) is -0.294. The van der Waals surface area contributed by atoms with Gasteiger partial charge < -0.3 is 10.4 Å². The molecular weight excluding hydrogens is 262 g/mol. The van der Waals surface area contributed by atoms with Gasteiger partial charge in [-0.05, 0) is 20.8 Å². The van der Waals surface area contributed by atoms with E-state index in [0.29, 0.717) is 19.6 Å². The Morgan fingerprint density at radius 1 is 1.45 bits per heavy atom. The number of rotatable bonds is 4. The molecule has 8 nitrogen and oxygen atoms in total. The number of carboxylic acid groups (broad SMARTS) is 1. The average Bonchev–Trinajstić information content (AvgIpc) is 2.68. The maximum absolute atomic E-state index is 11.7. The van der Waals surface area contributed by atoms with E-state index in [2.05, 4.69) is 15.6 Å². The Kier molecular flexibility index (Phi) is 3.76. The molecule has 8 heteroatoms. The minimum Gasteiger partial charge on any atom is -0.476 e. The summed E-state index contributed by atoms with van der Waals surface area (Å²) in [6.45, 7) is 7.49. The Balaban J connectivity index is 1.79. The number of carbonyl (C=O) groups excluding carboxylic acids is 1. The molecule has 0 aliphatic carbocycles. The Morgan fingerprint density at radius 3 is 2.60 bits per heavy atom. The van der Waals surface area contributed by atoms with Gasteiger partial charge in [-0.1, -0.05) is 5.21 Å². The molecular formula is C12H19N5O3. The minimum absolute atomic E-state index is 0.0132. The van der Waals surface area contributed by atoms with Gasteiger partial charge in [-0.2, -0.15) is 0 Å². The summed E-state index contributed by atoms with van der Waals surface area (Å²) in [7, 11) is 0. The number of nitrogens with zero attached hydrogens (tertiary/aromatic N) is 4. The third kappa shape index (κ3) is 3.53. The lowest BCUT2D eigenvalue weighted by molar-refractivity contribution is -0.125. The molecule has 1 amide bonds. The van der Waals surface area contributed by atoms with Crippen LogP contribution in [0.1, 0.15) is 37.3 Å². The van der Waals surface area contributed by atoms with Gasteiger partial charge in [-0.25, -0.2) is 9.48 Å². The second kappa shape index (κ2) is 5.20. The van der Waals surface area contributed by atoms with Gasteiger partial charge >= 0.3 is 5.97 Å². The first-order valence-corrected chi connectivity index (χ1v) is 6.43. The molecule has 0 spiro atoms. The molecule has 0 unspecified atom stereocenters. The van der Waals surface area contributed by atoms with E-state index in [-0.39, 0.29) is 23.2 Å². The zero-order valence-electron chi connectivity index (χ0n) is 11.8. The van der Waals surface area contributed by atoms with Gasteiger partial charge in [-0.15, -0.1) is 5.10 Å². The second-order valence-electron chi connectivity index (χ2n) is 6.04. The van der Waals surface area contributed by atoms with Crippen LogP contribution in [-0.2, 0) is 4.79 Å². The Bertz CT molecular complexity index is 513. The van der Waals surface area contributed by atoms with Crippen molar-refractivity contribution in [1.29, 1.82) is 0 Å². The highest BCUT2D eigenvalue weighted by Gasteiger charge is 2.31. The lowest BCUT2D eigenvalue weighted by atomic mass is 10.1. The first kappa shape index (κ1) is 14.4. The van der Waals surface area contributed by atoms with Crippen molar-refractivity contribution in [2.75, 3.05) is 19.6 Å². The standard InChI is InChI=1S/C12H19N5O3/c1-12(2,3)13-10(18)7-16-4-8(5-16)17-6-9(11(19)20)14-15-17/h6,8H,4-5,7H2,1-3H3,(H,13,18)(H,19,20). The molecule has 1 fully saturated rings. The Labute approximate surface area is 116 Å². The molecule has 0 radical (unpaired) electrons. The van der Waals surface area contributed by atoms with Crippen LogP contribution in [0.4, 0.5) is 0 Å². The first-order chi connectivity index (χ1) is 9.24. The highest BCUT2D eigenvalue weighted by molar-refractivity contribution is 5.84. The number of hydrogen-bond acceptors (Lipinski definition) is 5.